The molecule has 2 aromatic carbocycles. The number of hydrogen-bond acceptors (Lipinski definition) is 5. The van der Waals surface area contributed by atoms with Crippen LogP contribution in [0, 0.1) is 0 Å². The summed E-state index contributed by atoms with van der Waals surface area (Å²) in [6, 6.07) is 9.37. The molecule has 2 aromatic rings. The van der Waals surface area contributed by atoms with Gasteiger partial charge in [-0.3, -0.25) is 4.90 Å². The summed E-state index contributed by atoms with van der Waals surface area (Å²) in [7, 11) is -1.31. The Labute approximate surface area is 142 Å². The molecule has 0 bridgehead atoms. The number of benzene rings is 2. The normalized spacial score (nSPS) is 19.9. The number of sulfone groups is 1. The molecule has 1 fully saturated rings. The molecule has 6 heteroatoms. The number of hydrogen-bond donors (Lipinski definition) is 1. The molecule has 1 heterocycles. The highest BCUT2D eigenvalue weighted by Gasteiger charge is 2.32. The first-order valence-electron chi connectivity index (χ1n) is 8.16. The Morgan fingerprint density at radius 2 is 2.04 bits per heavy atom. The number of aromatic hydroxyl groups is 1. The van der Waals surface area contributed by atoms with Crippen LogP contribution in [0.4, 0.5) is 0 Å². The standard InChI is InChI=1S/C18H23NO4S/c1-3-19(14-8-9-24(21,22)12-14)11-17-16-10-15(23-2)6-4-13(16)5-7-18(17)20/h4-7,10,14,20H,3,8-9,11-12H2,1-2H3/t14-/m0/s1. The zero-order valence-corrected chi connectivity index (χ0v) is 14.8. The predicted octanol–water partition coefficient (Wildman–Crippen LogP) is 2.56. The van der Waals surface area contributed by atoms with Crippen molar-refractivity contribution < 1.29 is 18.3 Å². The van der Waals surface area contributed by atoms with Gasteiger partial charge in [-0.2, -0.15) is 0 Å². The van der Waals surface area contributed by atoms with Crippen molar-refractivity contribution in [1.29, 1.82) is 0 Å². The molecule has 0 saturated carbocycles. The number of methoxy groups -OCH3 is 1. The van der Waals surface area contributed by atoms with Crippen molar-refractivity contribution in [3.05, 3.63) is 35.9 Å². The molecule has 24 heavy (non-hydrogen) atoms. The van der Waals surface area contributed by atoms with Crippen LogP contribution in [0.15, 0.2) is 30.3 Å². The summed E-state index contributed by atoms with van der Waals surface area (Å²) >= 11 is 0. The Balaban J connectivity index is 1.97. The molecule has 1 aliphatic heterocycles. The lowest BCUT2D eigenvalue weighted by Gasteiger charge is -2.27. The van der Waals surface area contributed by atoms with Gasteiger partial charge in [0.25, 0.3) is 0 Å². The minimum absolute atomic E-state index is 0.0141. The van der Waals surface area contributed by atoms with Gasteiger partial charge in [0.1, 0.15) is 11.5 Å². The van der Waals surface area contributed by atoms with E-state index in [1.54, 1.807) is 13.2 Å². The molecular formula is C18H23NO4S. The predicted molar refractivity (Wildman–Crippen MR) is 95.3 cm³/mol. The highest BCUT2D eigenvalue weighted by Crippen LogP contribution is 2.32. The molecule has 130 valence electrons. The maximum atomic E-state index is 11.8. The quantitative estimate of drug-likeness (QED) is 0.899. The molecule has 3 rings (SSSR count). The highest BCUT2D eigenvalue weighted by molar-refractivity contribution is 7.91. The highest BCUT2D eigenvalue weighted by atomic mass is 32.2. The second-order valence-electron chi connectivity index (χ2n) is 6.27. The lowest BCUT2D eigenvalue weighted by molar-refractivity contribution is 0.213. The third-order valence-electron chi connectivity index (χ3n) is 4.81. The van der Waals surface area contributed by atoms with Crippen molar-refractivity contribution in [2.45, 2.75) is 25.9 Å². The number of phenols is 1. The third kappa shape index (κ3) is 3.35. The lowest BCUT2D eigenvalue weighted by Crippen LogP contribution is -2.35. The van der Waals surface area contributed by atoms with Crippen LogP contribution in [0.1, 0.15) is 18.9 Å². The summed E-state index contributed by atoms with van der Waals surface area (Å²) in [6.07, 6.45) is 0.658. The molecule has 0 amide bonds. The van der Waals surface area contributed by atoms with Crippen LogP contribution in [0.2, 0.25) is 0 Å². The van der Waals surface area contributed by atoms with E-state index in [0.29, 0.717) is 13.0 Å². The molecule has 5 nitrogen and oxygen atoms in total. The van der Waals surface area contributed by atoms with Gasteiger partial charge < -0.3 is 9.84 Å². The first-order valence-corrected chi connectivity index (χ1v) is 9.98. The average Bonchev–Trinajstić information content (AvgIpc) is 2.93. The van der Waals surface area contributed by atoms with Gasteiger partial charge >= 0.3 is 0 Å². The third-order valence-corrected chi connectivity index (χ3v) is 6.56. The Bertz CT molecular complexity index is 847. The number of rotatable bonds is 5. The van der Waals surface area contributed by atoms with Crippen molar-refractivity contribution in [2.75, 3.05) is 25.2 Å². The SMILES string of the molecule is CCN(Cc1c(O)ccc2ccc(OC)cc12)[C@H]1CCS(=O)(=O)C1. The van der Waals surface area contributed by atoms with Crippen molar-refractivity contribution >= 4 is 20.6 Å². The largest absolute Gasteiger partial charge is 0.508 e. The van der Waals surface area contributed by atoms with E-state index in [9.17, 15) is 13.5 Å². The summed E-state index contributed by atoms with van der Waals surface area (Å²) in [5.41, 5.74) is 0.817. The van der Waals surface area contributed by atoms with Crippen molar-refractivity contribution in [3.8, 4) is 11.5 Å². The Morgan fingerprint density at radius 3 is 2.67 bits per heavy atom. The maximum absolute atomic E-state index is 11.8. The summed E-state index contributed by atoms with van der Waals surface area (Å²) in [5.74, 6) is 1.43. The minimum atomic E-state index is -2.93. The lowest BCUT2D eigenvalue weighted by atomic mass is 10.0. The summed E-state index contributed by atoms with van der Waals surface area (Å²) in [4.78, 5) is 2.14. The monoisotopic (exact) mass is 349 g/mol. The van der Waals surface area contributed by atoms with Crippen LogP contribution in [-0.2, 0) is 16.4 Å². The van der Waals surface area contributed by atoms with E-state index in [1.165, 1.54) is 0 Å². The minimum Gasteiger partial charge on any atom is -0.508 e. The van der Waals surface area contributed by atoms with Gasteiger partial charge in [0.15, 0.2) is 9.84 Å². The fourth-order valence-corrected chi connectivity index (χ4v) is 5.17. The Kier molecular flexibility index (Phi) is 4.69. The van der Waals surface area contributed by atoms with Gasteiger partial charge in [-0.05, 0) is 41.9 Å². The van der Waals surface area contributed by atoms with Crippen LogP contribution in [0.3, 0.4) is 0 Å². The van der Waals surface area contributed by atoms with Crippen molar-refractivity contribution in [3.63, 3.8) is 0 Å². The van der Waals surface area contributed by atoms with Crippen molar-refractivity contribution in [2.24, 2.45) is 0 Å². The first-order chi connectivity index (χ1) is 11.4. The smallest absolute Gasteiger partial charge is 0.151 e. The van der Waals surface area contributed by atoms with Gasteiger partial charge in [-0.15, -0.1) is 0 Å². The summed E-state index contributed by atoms with van der Waals surface area (Å²) in [5, 5.41) is 12.3. The molecule has 0 aliphatic carbocycles. The molecule has 0 spiro atoms. The molecule has 1 atom stereocenters. The van der Waals surface area contributed by atoms with E-state index < -0.39 is 9.84 Å². The Hall–Kier alpha value is -1.79. The van der Waals surface area contributed by atoms with E-state index in [-0.39, 0.29) is 23.3 Å². The van der Waals surface area contributed by atoms with Gasteiger partial charge in [0.05, 0.1) is 18.6 Å². The van der Waals surface area contributed by atoms with Crippen LogP contribution >= 0.6 is 0 Å². The first kappa shape index (κ1) is 17.0. The van der Waals surface area contributed by atoms with E-state index in [0.717, 1.165) is 28.6 Å². The number of fused-ring (bicyclic) bond motifs is 1. The van der Waals surface area contributed by atoms with E-state index in [2.05, 4.69) is 4.90 Å². The number of ether oxygens (including phenoxy) is 1. The molecular weight excluding hydrogens is 326 g/mol. The van der Waals surface area contributed by atoms with Crippen LogP contribution < -0.4 is 4.74 Å². The molecule has 1 saturated heterocycles. The molecule has 0 unspecified atom stereocenters. The zero-order chi connectivity index (χ0) is 17.3. The maximum Gasteiger partial charge on any atom is 0.151 e. The van der Waals surface area contributed by atoms with Crippen molar-refractivity contribution in [1.82, 2.24) is 4.90 Å². The fourth-order valence-electron chi connectivity index (χ4n) is 3.41. The number of phenolic OH excluding ortho intramolecular Hbond substituents is 1. The molecule has 1 aliphatic rings. The second-order valence-corrected chi connectivity index (χ2v) is 8.50. The fraction of sp³-hybridized carbons (Fsp3) is 0.444. The van der Waals surface area contributed by atoms with Crippen LogP contribution in [-0.4, -0.2) is 49.6 Å². The number of nitrogens with zero attached hydrogens (tertiary/aromatic N) is 1. The topological polar surface area (TPSA) is 66.8 Å². The molecule has 0 radical (unpaired) electrons. The van der Waals surface area contributed by atoms with Gasteiger partial charge in [-0.25, -0.2) is 8.42 Å². The second kappa shape index (κ2) is 6.61. The zero-order valence-electron chi connectivity index (χ0n) is 14.0. The van der Waals surface area contributed by atoms with E-state index in [4.69, 9.17) is 4.74 Å². The Morgan fingerprint density at radius 1 is 1.29 bits per heavy atom. The van der Waals surface area contributed by atoms with E-state index >= 15 is 0 Å². The van der Waals surface area contributed by atoms with Gasteiger partial charge in [-0.1, -0.05) is 19.1 Å². The van der Waals surface area contributed by atoms with Crippen LogP contribution in [0.5, 0.6) is 11.5 Å². The van der Waals surface area contributed by atoms with Gasteiger partial charge in [0, 0.05) is 18.2 Å². The summed E-state index contributed by atoms with van der Waals surface area (Å²) in [6.45, 7) is 3.28. The van der Waals surface area contributed by atoms with Gasteiger partial charge in [0.2, 0.25) is 0 Å². The van der Waals surface area contributed by atoms with E-state index in [1.807, 2.05) is 31.2 Å². The average molecular weight is 349 g/mol. The summed E-state index contributed by atoms with van der Waals surface area (Å²) < 4.78 is 28.9. The molecule has 1 N–H and O–H groups in total. The molecule has 0 aromatic heterocycles. The van der Waals surface area contributed by atoms with Crippen LogP contribution in [0.25, 0.3) is 10.8 Å².